The van der Waals surface area contributed by atoms with Crippen molar-refractivity contribution in [2.75, 3.05) is 0 Å². The molecule has 0 fully saturated rings. The molecule has 0 aliphatic rings. The Kier molecular flexibility index (Phi) is 6.38. The van der Waals surface area contributed by atoms with E-state index in [-0.39, 0.29) is 6.04 Å². The second-order valence-electron chi connectivity index (χ2n) is 6.01. The monoisotopic (exact) mass is 312 g/mol. The fourth-order valence-corrected chi connectivity index (χ4v) is 4.07. The van der Waals surface area contributed by atoms with Crippen molar-refractivity contribution in [3.63, 3.8) is 0 Å². The number of hydrogen-bond acceptors (Lipinski definition) is 3. The van der Waals surface area contributed by atoms with Crippen molar-refractivity contribution in [3.8, 4) is 0 Å². The van der Waals surface area contributed by atoms with Crippen LogP contribution >= 0.6 is 0 Å². The lowest BCUT2D eigenvalue weighted by molar-refractivity contribution is 0.445. The number of nitrogens with one attached hydrogen (secondary N) is 1. The molecule has 0 aliphatic heterocycles. The Morgan fingerprint density at radius 2 is 1.86 bits per heavy atom. The number of nitrogens with two attached hydrogens (primary N) is 1. The molecule has 0 bridgehead atoms. The molecule has 21 heavy (non-hydrogen) atoms. The van der Waals surface area contributed by atoms with Crippen molar-refractivity contribution in [2.24, 2.45) is 11.7 Å². The average Bonchev–Trinajstić information content (AvgIpc) is 2.40. The van der Waals surface area contributed by atoms with Gasteiger partial charge in [-0.1, -0.05) is 26.3 Å². The first-order valence-corrected chi connectivity index (χ1v) is 9.02. The highest BCUT2D eigenvalue weighted by Gasteiger charge is 2.21. The Morgan fingerprint density at radius 3 is 2.38 bits per heavy atom. The van der Waals surface area contributed by atoms with Crippen molar-refractivity contribution in [1.29, 1.82) is 0 Å². The Morgan fingerprint density at radius 1 is 1.24 bits per heavy atom. The molecule has 1 aromatic carbocycles. The van der Waals surface area contributed by atoms with E-state index in [1.165, 1.54) is 0 Å². The lowest BCUT2D eigenvalue weighted by Gasteiger charge is -2.19. The molecule has 2 atom stereocenters. The number of sulfonamides is 1. The molecule has 4 nitrogen and oxygen atoms in total. The Labute approximate surface area is 129 Å². The predicted molar refractivity (Wildman–Crippen MR) is 87.7 cm³/mol. The SMILES string of the molecule is CCC(C)CC(C)NS(=O)(=O)c1cc(CN)cc(C)c1C. The molecule has 0 saturated carbocycles. The number of aryl methyl sites for hydroxylation is 1. The molecule has 0 aliphatic carbocycles. The molecule has 0 heterocycles. The number of benzene rings is 1. The van der Waals surface area contributed by atoms with Crippen LogP contribution in [0, 0.1) is 19.8 Å². The van der Waals surface area contributed by atoms with Gasteiger partial charge in [-0.05, 0) is 55.9 Å². The van der Waals surface area contributed by atoms with E-state index < -0.39 is 10.0 Å². The third-order valence-corrected chi connectivity index (χ3v) is 5.73. The highest BCUT2D eigenvalue weighted by Crippen LogP contribution is 2.22. The van der Waals surface area contributed by atoms with E-state index >= 15 is 0 Å². The summed E-state index contributed by atoms with van der Waals surface area (Å²) in [6, 6.07) is 3.54. The van der Waals surface area contributed by atoms with E-state index in [9.17, 15) is 8.42 Å². The van der Waals surface area contributed by atoms with Crippen LogP contribution < -0.4 is 10.5 Å². The first kappa shape index (κ1) is 18.1. The van der Waals surface area contributed by atoms with Gasteiger partial charge in [-0.15, -0.1) is 0 Å². The number of rotatable bonds is 7. The normalized spacial score (nSPS) is 15.0. The summed E-state index contributed by atoms with van der Waals surface area (Å²) in [5, 5.41) is 0. The van der Waals surface area contributed by atoms with Crippen molar-refractivity contribution in [1.82, 2.24) is 4.72 Å². The van der Waals surface area contributed by atoms with Gasteiger partial charge in [0, 0.05) is 12.6 Å². The van der Waals surface area contributed by atoms with Crippen molar-refractivity contribution >= 4 is 10.0 Å². The molecule has 0 aromatic heterocycles. The zero-order chi connectivity index (χ0) is 16.2. The molecule has 0 radical (unpaired) electrons. The van der Waals surface area contributed by atoms with Gasteiger partial charge in [-0.25, -0.2) is 13.1 Å². The van der Waals surface area contributed by atoms with Crippen LogP contribution in [0.2, 0.25) is 0 Å². The maximum Gasteiger partial charge on any atom is 0.241 e. The zero-order valence-electron chi connectivity index (χ0n) is 13.7. The molecule has 0 amide bonds. The lowest BCUT2D eigenvalue weighted by atomic mass is 10.0. The molecule has 2 unspecified atom stereocenters. The van der Waals surface area contributed by atoms with Crippen LogP contribution in [0.4, 0.5) is 0 Å². The van der Waals surface area contributed by atoms with E-state index in [0.717, 1.165) is 29.5 Å². The molecule has 1 rings (SSSR count). The second-order valence-corrected chi connectivity index (χ2v) is 7.69. The van der Waals surface area contributed by atoms with Crippen molar-refractivity contribution in [2.45, 2.75) is 64.9 Å². The van der Waals surface area contributed by atoms with Gasteiger partial charge in [-0.3, -0.25) is 0 Å². The molecule has 0 spiro atoms. The Bertz CT molecular complexity index is 582. The highest BCUT2D eigenvalue weighted by atomic mass is 32.2. The van der Waals surface area contributed by atoms with E-state index in [4.69, 9.17) is 5.73 Å². The van der Waals surface area contributed by atoms with Crippen LogP contribution in [-0.2, 0) is 16.6 Å². The summed E-state index contributed by atoms with van der Waals surface area (Å²) in [7, 11) is -3.50. The topological polar surface area (TPSA) is 72.2 Å². The zero-order valence-corrected chi connectivity index (χ0v) is 14.5. The van der Waals surface area contributed by atoms with Gasteiger partial charge in [0.15, 0.2) is 0 Å². The van der Waals surface area contributed by atoms with Gasteiger partial charge in [0.2, 0.25) is 10.0 Å². The standard InChI is InChI=1S/C16H28N2O2S/c1-6-11(2)7-13(4)18-21(19,20)16-9-15(10-17)8-12(3)14(16)5/h8-9,11,13,18H,6-7,10,17H2,1-5H3. The van der Waals surface area contributed by atoms with Crippen LogP contribution in [0.1, 0.15) is 50.3 Å². The van der Waals surface area contributed by atoms with Crippen LogP contribution in [-0.4, -0.2) is 14.5 Å². The van der Waals surface area contributed by atoms with Gasteiger partial charge < -0.3 is 5.73 Å². The quantitative estimate of drug-likeness (QED) is 0.813. The first-order chi connectivity index (χ1) is 9.71. The first-order valence-electron chi connectivity index (χ1n) is 7.53. The van der Waals surface area contributed by atoms with Crippen LogP contribution in [0.5, 0.6) is 0 Å². The van der Waals surface area contributed by atoms with Gasteiger partial charge in [-0.2, -0.15) is 0 Å². The van der Waals surface area contributed by atoms with Gasteiger partial charge in [0.25, 0.3) is 0 Å². The smallest absolute Gasteiger partial charge is 0.241 e. The fourth-order valence-electron chi connectivity index (χ4n) is 2.44. The maximum atomic E-state index is 12.6. The summed E-state index contributed by atoms with van der Waals surface area (Å²) >= 11 is 0. The summed E-state index contributed by atoms with van der Waals surface area (Å²) in [5.74, 6) is 0.501. The molecule has 0 saturated heterocycles. The number of hydrogen-bond donors (Lipinski definition) is 2. The van der Waals surface area contributed by atoms with E-state index in [2.05, 4.69) is 18.6 Å². The van der Waals surface area contributed by atoms with Crippen LogP contribution in [0.25, 0.3) is 0 Å². The minimum Gasteiger partial charge on any atom is -0.326 e. The fraction of sp³-hybridized carbons (Fsp3) is 0.625. The van der Waals surface area contributed by atoms with Gasteiger partial charge in [0.1, 0.15) is 0 Å². The lowest BCUT2D eigenvalue weighted by Crippen LogP contribution is -2.34. The predicted octanol–water partition coefficient (Wildman–Crippen LogP) is 2.87. The maximum absolute atomic E-state index is 12.6. The molecule has 1 aromatic rings. The summed E-state index contributed by atoms with van der Waals surface area (Å²) in [6.45, 7) is 10.3. The van der Waals surface area contributed by atoms with E-state index in [1.54, 1.807) is 6.07 Å². The highest BCUT2D eigenvalue weighted by molar-refractivity contribution is 7.89. The summed E-state index contributed by atoms with van der Waals surface area (Å²) < 4.78 is 28.0. The van der Waals surface area contributed by atoms with Crippen LogP contribution in [0.15, 0.2) is 17.0 Å². The second kappa shape index (κ2) is 7.38. The van der Waals surface area contributed by atoms with Gasteiger partial charge in [0.05, 0.1) is 4.90 Å². The average molecular weight is 312 g/mol. The minimum absolute atomic E-state index is 0.0776. The molecular weight excluding hydrogens is 284 g/mol. The van der Waals surface area contributed by atoms with E-state index in [1.807, 2.05) is 26.8 Å². The summed E-state index contributed by atoms with van der Waals surface area (Å²) in [6.07, 6.45) is 1.89. The molecule has 3 N–H and O–H groups in total. The van der Waals surface area contributed by atoms with Crippen molar-refractivity contribution in [3.05, 3.63) is 28.8 Å². The Hall–Kier alpha value is -0.910. The minimum atomic E-state index is -3.50. The summed E-state index contributed by atoms with van der Waals surface area (Å²) in [4.78, 5) is 0.346. The van der Waals surface area contributed by atoms with E-state index in [0.29, 0.717) is 17.4 Å². The van der Waals surface area contributed by atoms with Crippen LogP contribution in [0.3, 0.4) is 0 Å². The van der Waals surface area contributed by atoms with Gasteiger partial charge >= 0.3 is 0 Å². The third kappa shape index (κ3) is 4.80. The third-order valence-electron chi connectivity index (χ3n) is 4.01. The van der Waals surface area contributed by atoms with Crippen molar-refractivity contribution < 1.29 is 8.42 Å². The molecular formula is C16H28N2O2S. The molecule has 5 heteroatoms. The molecule has 120 valence electrons. The largest absolute Gasteiger partial charge is 0.326 e. The Balaban J connectivity index is 3.05. The summed E-state index contributed by atoms with van der Waals surface area (Å²) in [5.41, 5.74) is 8.23.